The molecule has 0 bridgehead atoms. The fourth-order valence-electron chi connectivity index (χ4n) is 3.57. The first-order valence-electron chi connectivity index (χ1n) is 8.47. The maximum absolute atomic E-state index is 5.88. The maximum Gasteiger partial charge on any atom is 0.244 e. The number of H-pyrrole nitrogens is 1. The molecular formula is C16H29N5. The standard InChI is InChI=1S/C16H29N5/c1-12-3-5-13(6-4-12)14-18-15(20-19-14)21-9-7-16(2,11-17)8-10-21/h12-13H,3-11,17H2,1-2H3,(H,18,19,20). The van der Waals surface area contributed by atoms with Crippen molar-refractivity contribution in [3.8, 4) is 0 Å². The molecule has 1 saturated heterocycles. The van der Waals surface area contributed by atoms with Gasteiger partial charge in [0.05, 0.1) is 0 Å². The number of aromatic amines is 1. The van der Waals surface area contributed by atoms with E-state index in [0.29, 0.717) is 11.3 Å². The summed E-state index contributed by atoms with van der Waals surface area (Å²) in [5.74, 6) is 3.45. The van der Waals surface area contributed by atoms with Gasteiger partial charge in [-0.25, -0.2) is 0 Å². The first kappa shape index (κ1) is 14.8. The van der Waals surface area contributed by atoms with Gasteiger partial charge >= 0.3 is 0 Å². The van der Waals surface area contributed by atoms with Crippen LogP contribution in [0.15, 0.2) is 0 Å². The Morgan fingerprint density at radius 1 is 1.24 bits per heavy atom. The minimum absolute atomic E-state index is 0.301. The number of nitrogens with one attached hydrogen (secondary N) is 1. The molecule has 21 heavy (non-hydrogen) atoms. The summed E-state index contributed by atoms with van der Waals surface area (Å²) < 4.78 is 0. The molecule has 118 valence electrons. The number of piperidine rings is 1. The molecule has 3 N–H and O–H groups in total. The van der Waals surface area contributed by atoms with E-state index in [0.717, 1.165) is 50.2 Å². The van der Waals surface area contributed by atoms with E-state index in [1.165, 1.54) is 25.7 Å². The van der Waals surface area contributed by atoms with Crippen molar-refractivity contribution in [1.82, 2.24) is 15.2 Å². The molecule has 1 aromatic heterocycles. The van der Waals surface area contributed by atoms with Crippen LogP contribution in [0.3, 0.4) is 0 Å². The van der Waals surface area contributed by atoms with Gasteiger partial charge in [-0.15, -0.1) is 5.10 Å². The van der Waals surface area contributed by atoms with Crippen LogP contribution in [0.1, 0.15) is 64.1 Å². The molecule has 1 aliphatic carbocycles. The fraction of sp³-hybridized carbons (Fsp3) is 0.875. The van der Waals surface area contributed by atoms with Crippen LogP contribution in [0.4, 0.5) is 5.95 Å². The lowest BCUT2D eigenvalue weighted by Crippen LogP contribution is -2.42. The maximum atomic E-state index is 5.88. The monoisotopic (exact) mass is 291 g/mol. The SMILES string of the molecule is CC1CCC(c2nc(N3CCC(C)(CN)CC3)n[nH]2)CC1. The molecule has 0 unspecified atom stereocenters. The van der Waals surface area contributed by atoms with Crippen molar-refractivity contribution in [3.05, 3.63) is 5.82 Å². The van der Waals surface area contributed by atoms with Crippen molar-refractivity contribution in [2.75, 3.05) is 24.5 Å². The van der Waals surface area contributed by atoms with Gasteiger partial charge < -0.3 is 10.6 Å². The summed E-state index contributed by atoms with van der Waals surface area (Å²) in [5, 5.41) is 7.66. The summed E-state index contributed by atoms with van der Waals surface area (Å²) in [6.07, 6.45) is 7.41. The largest absolute Gasteiger partial charge is 0.340 e. The number of rotatable bonds is 3. The molecule has 2 fully saturated rings. The van der Waals surface area contributed by atoms with Crippen molar-refractivity contribution < 1.29 is 0 Å². The Labute approximate surface area is 127 Å². The normalized spacial score (nSPS) is 29.6. The average molecular weight is 291 g/mol. The second kappa shape index (κ2) is 5.95. The van der Waals surface area contributed by atoms with E-state index in [1.807, 2.05) is 0 Å². The van der Waals surface area contributed by atoms with Crippen molar-refractivity contribution in [1.29, 1.82) is 0 Å². The molecule has 2 heterocycles. The third-order valence-electron chi connectivity index (χ3n) is 5.64. The van der Waals surface area contributed by atoms with Crippen LogP contribution in [0.5, 0.6) is 0 Å². The highest BCUT2D eigenvalue weighted by Crippen LogP contribution is 2.35. The first-order chi connectivity index (χ1) is 10.1. The lowest BCUT2D eigenvalue weighted by Gasteiger charge is -2.38. The summed E-state index contributed by atoms with van der Waals surface area (Å²) in [5.41, 5.74) is 6.18. The predicted molar refractivity (Wildman–Crippen MR) is 85.4 cm³/mol. The first-order valence-corrected chi connectivity index (χ1v) is 8.47. The van der Waals surface area contributed by atoms with Crippen molar-refractivity contribution >= 4 is 5.95 Å². The zero-order chi connectivity index (χ0) is 14.9. The van der Waals surface area contributed by atoms with Gasteiger partial charge in [-0.2, -0.15) is 4.98 Å². The van der Waals surface area contributed by atoms with Crippen LogP contribution in [-0.4, -0.2) is 34.8 Å². The Balaban J connectivity index is 1.61. The average Bonchev–Trinajstić information content (AvgIpc) is 2.98. The lowest BCUT2D eigenvalue weighted by atomic mass is 9.81. The van der Waals surface area contributed by atoms with Gasteiger partial charge in [-0.3, -0.25) is 5.10 Å². The summed E-state index contributed by atoms with van der Waals surface area (Å²) in [6, 6.07) is 0. The number of nitrogens with two attached hydrogens (primary N) is 1. The van der Waals surface area contributed by atoms with Crippen molar-refractivity contribution in [2.24, 2.45) is 17.1 Å². The zero-order valence-electron chi connectivity index (χ0n) is 13.4. The van der Waals surface area contributed by atoms with E-state index >= 15 is 0 Å². The molecule has 3 rings (SSSR count). The number of aromatic nitrogens is 3. The van der Waals surface area contributed by atoms with Crippen molar-refractivity contribution in [3.63, 3.8) is 0 Å². The number of hydrogen-bond acceptors (Lipinski definition) is 4. The molecule has 2 aliphatic rings. The van der Waals surface area contributed by atoms with Gasteiger partial charge in [-0.1, -0.05) is 26.7 Å². The molecule has 1 saturated carbocycles. The Bertz CT molecular complexity index is 453. The van der Waals surface area contributed by atoms with E-state index in [-0.39, 0.29) is 0 Å². The van der Waals surface area contributed by atoms with E-state index in [1.54, 1.807) is 0 Å². The molecule has 1 aliphatic heterocycles. The van der Waals surface area contributed by atoms with Gasteiger partial charge in [0.2, 0.25) is 5.95 Å². The molecule has 0 amide bonds. The predicted octanol–water partition coefficient (Wildman–Crippen LogP) is 2.66. The molecule has 0 atom stereocenters. The Hall–Kier alpha value is -1.10. The van der Waals surface area contributed by atoms with E-state index < -0.39 is 0 Å². The minimum Gasteiger partial charge on any atom is -0.340 e. The molecule has 5 heteroatoms. The van der Waals surface area contributed by atoms with Gasteiger partial charge in [0.25, 0.3) is 0 Å². The quantitative estimate of drug-likeness (QED) is 0.898. The second-order valence-electron chi connectivity index (χ2n) is 7.48. The van der Waals surface area contributed by atoms with Gasteiger partial charge in [0, 0.05) is 19.0 Å². The smallest absolute Gasteiger partial charge is 0.244 e. The highest BCUT2D eigenvalue weighted by Gasteiger charge is 2.30. The Morgan fingerprint density at radius 2 is 1.90 bits per heavy atom. The van der Waals surface area contributed by atoms with Crippen LogP contribution in [0.2, 0.25) is 0 Å². The lowest BCUT2D eigenvalue weighted by molar-refractivity contribution is 0.257. The van der Waals surface area contributed by atoms with E-state index in [4.69, 9.17) is 10.7 Å². The topological polar surface area (TPSA) is 70.8 Å². The highest BCUT2D eigenvalue weighted by molar-refractivity contribution is 5.30. The second-order valence-corrected chi connectivity index (χ2v) is 7.48. The van der Waals surface area contributed by atoms with E-state index in [9.17, 15) is 0 Å². The van der Waals surface area contributed by atoms with E-state index in [2.05, 4.69) is 28.9 Å². The summed E-state index contributed by atoms with van der Waals surface area (Å²) in [6.45, 7) is 7.46. The molecular weight excluding hydrogens is 262 g/mol. The van der Waals surface area contributed by atoms with Crippen molar-refractivity contribution in [2.45, 2.75) is 58.3 Å². The Morgan fingerprint density at radius 3 is 2.52 bits per heavy atom. The van der Waals surface area contributed by atoms with Gasteiger partial charge in [-0.05, 0) is 43.6 Å². The summed E-state index contributed by atoms with van der Waals surface area (Å²) in [7, 11) is 0. The van der Waals surface area contributed by atoms with Crippen LogP contribution < -0.4 is 10.6 Å². The third kappa shape index (κ3) is 3.23. The molecule has 0 aromatic carbocycles. The highest BCUT2D eigenvalue weighted by atomic mass is 15.4. The third-order valence-corrected chi connectivity index (χ3v) is 5.64. The van der Waals surface area contributed by atoms with Crippen LogP contribution in [-0.2, 0) is 0 Å². The Kier molecular flexibility index (Phi) is 4.20. The van der Waals surface area contributed by atoms with Crippen LogP contribution in [0, 0.1) is 11.3 Å². The molecule has 5 nitrogen and oxygen atoms in total. The minimum atomic E-state index is 0.301. The van der Waals surface area contributed by atoms with Crippen LogP contribution in [0.25, 0.3) is 0 Å². The van der Waals surface area contributed by atoms with Gasteiger partial charge in [0.1, 0.15) is 5.82 Å². The summed E-state index contributed by atoms with van der Waals surface area (Å²) in [4.78, 5) is 7.09. The van der Waals surface area contributed by atoms with Crippen LogP contribution >= 0.6 is 0 Å². The molecule has 1 aromatic rings. The molecule has 0 spiro atoms. The zero-order valence-corrected chi connectivity index (χ0v) is 13.4. The number of hydrogen-bond donors (Lipinski definition) is 2. The summed E-state index contributed by atoms with van der Waals surface area (Å²) >= 11 is 0. The van der Waals surface area contributed by atoms with Gasteiger partial charge in [0.15, 0.2) is 0 Å². The molecule has 0 radical (unpaired) electrons. The number of nitrogens with zero attached hydrogens (tertiary/aromatic N) is 3. The fourth-order valence-corrected chi connectivity index (χ4v) is 3.57. The number of anilines is 1.